The number of hydrogen-bond acceptors (Lipinski definition) is 3. The van der Waals surface area contributed by atoms with Crippen LogP contribution in [0.3, 0.4) is 0 Å². The minimum Gasteiger partial charge on any atom is -0.482 e. The average molecular weight is 482 g/mol. The molecule has 156 valence electrons. The summed E-state index contributed by atoms with van der Waals surface area (Å²) in [6.07, 6.45) is 0.829. The molecule has 2 aromatic rings. The van der Waals surface area contributed by atoms with Crippen LogP contribution in [0.1, 0.15) is 31.4 Å². The highest BCUT2D eigenvalue weighted by molar-refractivity contribution is 9.10. The van der Waals surface area contributed by atoms with Gasteiger partial charge in [-0.2, -0.15) is 0 Å². The van der Waals surface area contributed by atoms with E-state index in [2.05, 4.69) is 21.2 Å². The van der Waals surface area contributed by atoms with Crippen LogP contribution in [0.4, 0.5) is 0 Å². The highest BCUT2D eigenvalue weighted by Crippen LogP contribution is 2.27. The van der Waals surface area contributed by atoms with E-state index in [4.69, 9.17) is 16.3 Å². The second-order valence-corrected chi connectivity index (χ2v) is 8.10. The van der Waals surface area contributed by atoms with Crippen molar-refractivity contribution in [3.63, 3.8) is 0 Å². The minimum atomic E-state index is -0.627. The molecule has 0 aliphatic carbocycles. The summed E-state index contributed by atoms with van der Waals surface area (Å²) in [7, 11) is 0. The van der Waals surface area contributed by atoms with E-state index in [0.29, 0.717) is 23.9 Å². The average Bonchev–Trinajstić information content (AvgIpc) is 2.70. The van der Waals surface area contributed by atoms with Crippen LogP contribution in [0.25, 0.3) is 0 Å². The number of rotatable bonds is 9. The van der Waals surface area contributed by atoms with Crippen LogP contribution < -0.4 is 10.1 Å². The van der Waals surface area contributed by atoms with Crippen molar-refractivity contribution in [1.82, 2.24) is 10.2 Å². The minimum absolute atomic E-state index is 0.185. The number of carbonyl (C=O) groups is 2. The molecule has 2 amide bonds. The predicted octanol–water partition coefficient (Wildman–Crippen LogP) is 4.73. The second kappa shape index (κ2) is 11.2. The lowest BCUT2D eigenvalue weighted by Crippen LogP contribution is -2.49. The fourth-order valence-electron chi connectivity index (χ4n) is 2.76. The fraction of sp³-hybridized carbons (Fsp3) is 0.364. The Balaban J connectivity index is 2.17. The summed E-state index contributed by atoms with van der Waals surface area (Å²) in [4.78, 5) is 27.1. The maximum Gasteiger partial charge on any atom is 0.261 e. The summed E-state index contributed by atoms with van der Waals surface area (Å²) >= 11 is 9.51. The van der Waals surface area contributed by atoms with E-state index in [1.807, 2.05) is 38.1 Å². The molecule has 2 aromatic carbocycles. The third kappa shape index (κ3) is 6.75. The van der Waals surface area contributed by atoms with Crippen LogP contribution >= 0.6 is 27.5 Å². The Bertz CT molecular complexity index is 860. The van der Waals surface area contributed by atoms with Crippen molar-refractivity contribution in [2.45, 2.75) is 39.8 Å². The molecule has 5 nitrogen and oxygen atoms in total. The van der Waals surface area contributed by atoms with Gasteiger partial charge in [0.05, 0.1) is 5.02 Å². The van der Waals surface area contributed by atoms with Gasteiger partial charge in [-0.05, 0) is 49.6 Å². The zero-order valence-electron chi connectivity index (χ0n) is 16.9. The van der Waals surface area contributed by atoms with Crippen molar-refractivity contribution in [2.75, 3.05) is 13.2 Å². The summed E-state index contributed by atoms with van der Waals surface area (Å²) in [5.74, 6) is -0.0519. The van der Waals surface area contributed by atoms with E-state index < -0.39 is 6.04 Å². The van der Waals surface area contributed by atoms with Crippen molar-refractivity contribution in [3.8, 4) is 5.75 Å². The Morgan fingerprint density at radius 2 is 1.97 bits per heavy atom. The van der Waals surface area contributed by atoms with Gasteiger partial charge in [-0.15, -0.1) is 0 Å². The Labute approximate surface area is 185 Å². The number of amides is 2. The molecular weight excluding hydrogens is 456 g/mol. The highest BCUT2D eigenvalue weighted by Gasteiger charge is 2.26. The summed E-state index contributed by atoms with van der Waals surface area (Å²) in [6, 6.07) is 12.4. The van der Waals surface area contributed by atoms with Crippen molar-refractivity contribution in [2.24, 2.45) is 0 Å². The number of hydrogen-bond donors (Lipinski definition) is 1. The molecule has 0 saturated heterocycles. The van der Waals surface area contributed by atoms with Gasteiger partial charge >= 0.3 is 0 Å². The van der Waals surface area contributed by atoms with E-state index in [0.717, 1.165) is 22.0 Å². The molecule has 0 fully saturated rings. The van der Waals surface area contributed by atoms with Gasteiger partial charge in [0.2, 0.25) is 5.91 Å². The Kier molecular flexibility index (Phi) is 8.99. The van der Waals surface area contributed by atoms with Crippen LogP contribution in [0.5, 0.6) is 5.75 Å². The summed E-state index contributed by atoms with van der Waals surface area (Å²) in [5, 5.41) is 3.27. The van der Waals surface area contributed by atoms with Crippen molar-refractivity contribution in [3.05, 3.63) is 63.1 Å². The maximum absolute atomic E-state index is 13.0. The highest BCUT2D eigenvalue weighted by atomic mass is 79.9. The van der Waals surface area contributed by atoms with Crippen LogP contribution in [0, 0.1) is 6.92 Å². The first-order chi connectivity index (χ1) is 13.8. The predicted molar refractivity (Wildman–Crippen MR) is 119 cm³/mol. The molecule has 0 aliphatic rings. The molecule has 1 N–H and O–H groups in total. The van der Waals surface area contributed by atoms with E-state index >= 15 is 0 Å². The zero-order valence-corrected chi connectivity index (χ0v) is 19.2. The zero-order chi connectivity index (χ0) is 21.4. The Morgan fingerprint density at radius 3 is 2.62 bits per heavy atom. The third-order valence-corrected chi connectivity index (χ3v) is 5.35. The van der Waals surface area contributed by atoms with Gasteiger partial charge in [-0.25, -0.2) is 0 Å². The van der Waals surface area contributed by atoms with E-state index in [1.165, 1.54) is 0 Å². The van der Waals surface area contributed by atoms with Gasteiger partial charge in [0.1, 0.15) is 11.8 Å². The van der Waals surface area contributed by atoms with E-state index in [9.17, 15) is 9.59 Å². The maximum atomic E-state index is 13.0. The number of aryl methyl sites for hydroxylation is 1. The summed E-state index contributed by atoms with van der Waals surface area (Å²) in [5.41, 5.74) is 2.04. The van der Waals surface area contributed by atoms with E-state index in [1.54, 1.807) is 30.0 Å². The Morgan fingerprint density at radius 1 is 1.24 bits per heavy atom. The lowest BCUT2D eigenvalue weighted by atomic mass is 10.1. The van der Waals surface area contributed by atoms with E-state index in [-0.39, 0.29) is 18.4 Å². The number of nitrogens with zero attached hydrogens (tertiary/aromatic N) is 1. The first-order valence-electron chi connectivity index (χ1n) is 9.53. The molecule has 0 aromatic heterocycles. The molecule has 1 unspecified atom stereocenters. The standard InChI is InChI=1S/C22H26BrClN2O3/c1-4-11-25-22(28)16(3)26(13-17-8-6-5-7-15(17)2)21(27)14-29-20-10-9-18(23)12-19(20)24/h5-10,12,16H,4,11,13-14H2,1-3H3,(H,25,28). The number of carbonyl (C=O) groups excluding carboxylic acids is 2. The van der Waals surface area contributed by atoms with Gasteiger partial charge < -0.3 is 15.0 Å². The smallest absolute Gasteiger partial charge is 0.261 e. The fourth-order valence-corrected chi connectivity index (χ4v) is 3.49. The topological polar surface area (TPSA) is 58.6 Å². The molecule has 0 heterocycles. The summed E-state index contributed by atoms with van der Waals surface area (Å²) in [6.45, 7) is 6.38. The monoisotopic (exact) mass is 480 g/mol. The largest absolute Gasteiger partial charge is 0.482 e. The van der Waals surface area contributed by atoms with Crippen LogP contribution in [0.2, 0.25) is 5.02 Å². The first-order valence-corrected chi connectivity index (χ1v) is 10.7. The first kappa shape index (κ1) is 23.2. The lowest BCUT2D eigenvalue weighted by molar-refractivity contribution is -0.142. The van der Waals surface area contributed by atoms with Gasteiger partial charge in [0.25, 0.3) is 5.91 Å². The molecule has 2 rings (SSSR count). The van der Waals surface area contributed by atoms with Crippen molar-refractivity contribution in [1.29, 1.82) is 0 Å². The van der Waals surface area contributed by atoms with Crippen molar-refractivity contribution >= 4 is 39.3 Å². The lowest BCUT2D eigenvalue weighted by Gasteiger charge is -2.29. The number of halogens is 2. The van der Waals surface area contributed by atoms with Crippen LogP contribution in [-0.2, 0) is 16.1 Å². The van der Waals surface area contributed by atoms with Gasteiger partial charge in [0, 0.05) is 17.6 Å². The number of nitrogens with one attached hydrogen (secondary N) is 1. The number of ether oxygens (including phenoxy) is 1. The van der Waals surface area contributed by atoms with Gasteiger partial charge in [-0.1, -0.05) is 58.7 Å². The number of benzene rings is 2. The van der Waals surface area contributed by atoms with Crippen LogP contribution in [0.15, 0.2) is 46.9 Å². The molecule has 0 radical (unpaired) electrons. The third-order valence-electron chi connectivity index (χ3n) is 4.56. The second-order valence-electron chi connectivity index (χ2n) is 6.78. The normalized spacial score (nSPS) is 11.6. The van der Waals surface area contributed by atoms with Gasteiger partial charge in [-0.3, -0.25) is 9.59 Å². The summed E-state index contributed by atoms with van der Waals surface area (Å²) < 4.78 is 6.46. The molecule has 0 aliphatic heterocycles. The molecule has 1 atom stereocenters. The molecule has 29 heavy (non-hydrogen) atoms. The molecule has 0 bridgehead atoms. The van der Waals surface area contributed by atoms with Gasteiger partial charge in [0.15, 0.2) is 6.61 Å². The molecule has 7 heteroatoms. The molecule has 0 saturated carbocycles. The Hall–Kier alpha value is -2.05. The SMILES string of the molecule is CCCNC(=O)C(C)N(Cc1ccccc1C)C(=O)COc1ccc(Br)cc1Cl. The molecule has 0 spiro atoms. The quantitative estimate of drug-likeness (QED) is 0.563. The van der Waals surface area contributed by atoms with Crippen molar-refractivity contribution < 1.29 is 14.3 Å². The molecular formula is C22H26BrClN2O3. The van der Waals surface area contributed by atoms with Crippen LogP contribution in [-0.4, -0.2) is 35.9 Å².